The van der Waals surface area contributed by atoms with Crippen LogP contribution in [0.4, 0.5) is 14.9 Å². The molecule has 0 saturated heterocycles. The fourth-order valence-corrected chi connectivity index (χ4v) is 3.13. The van der Waals surface area contributed by atoms with Gasteiger partial charge < -0.3 is 15.4 Å². The quantitative estimate of drug-likeness (QED) is 0.648. The van der Waals surface area contributed by atoms with E-state index in [1.165, 1.54) is 18.2 Å². The van der Waals surface area contributed by atoms with E-state index in [1.54, 1.807) is 52.1 Å². The topological polar surface area (TPSA) is 80.3 Å². The Morgan fingerprint density at radius 1 is 1.27 bits per heavy atom. The number of nitrogens with one attached hydrogen (secondary N) is 2. The molecule has 1 aliphatic heterocycles. The van der Waals surface area contributed by atoms with Gasteiger partial charge >= 0.3 is 6.09 Å². The number of pyridine rings is 1. The smallest absolute Gasteiger partial charge is 0.408 e. The molecule has 6 nitrogen and oxygen atoms in total. The number of aromatic nitrogens is 1. The second-order valence-corrected chi connectivity index (χ2v) is 8.30. The first-order chi connectivity index (χ1) is 14.1. The molecule has 2 N–H and O–H groups in total. The van der Waals surface area contributed by atoms with Crippen molar-refractivity contribution < 1.29 is 18.7 Å². The van der Waals surface area contributed by atoms with E-state index in [1.807, 2.05) is 6.08 Å². The maximum absolute atomic E-state index is 14.0. The van der Waals surface area contributed by atoms with Gasteiger partial charge in [-0.05, 0) is 63.1 Å². The molecule has 2 heterocycles. The second-order valence-electron chi connectivity index (χ2n) is 8.30. The maximum atomic E-state index is 14.0. The lowest BCUT2D eigenvalue weighted by Gasteiger charge is -2.24. The number of alkyl carbamates (subject to hydrolysis) is 1. The Labute approximate surface area is 175 Å². The standard InChI is InChI=1S/C23H26FN3O3/c1-14-6-5-7-18(27-22(29)30-23(2,3)4)15-10-11-25-20(12-15)17-13-16(24)8-9-19(17)26-21(14)28/h5-6,8-14,18H,7H2,1-4H3,(H,26,28)(H,27,29)/t14-,18+/m1/s1. The summed E-state index contributed by atoms with van der Waals surface area (Å²) in [6.07, 6.45) is 5.16. The Kier molecular flexibility index (Phi) is 6.20. The largest absolute Gasteiger partial charge is 0.444 e. The molecule has 2 amide bonds. The molecule has 0 unspecified atom stereocenters. The average molecular weight is 411 g/mol. The molecule has 1 aromatic heterocycles. The first kappa shape index (κ1) is 21.5. The zero-order valence-electron chi connectivity index (χ0n) is 17.5. The molecule has 3 rings (SSSR count). The van der Waals surface area contributed by atoms with Crippen molar-refractivity contribution in [1.82, 2.24) is 10.3 Å². The van der Waals surface area contributed by atoms with Gasteiger partial charge in [-0.3, -0.25) is 9.78 Å². The highest BCUT2D eigenvalue weighted by Gasteiger charge is 2.22. The SMILES string of the molecule is C[C@@H]1C=CC[C@H](NC(=O)OC(C)(C)C)c2ccnc(c2)-c2cc(F)ccc2NC1=O. The van der Waals surface area contributed by atoms with E-state index in [-0.39, 0.29) is 5.91 Å². The Morgan fingerprint density at radius 3 is 2.77 bits per heavy atom. The van der Waals surface area contributed by atoms with E-state index in [2.05, 4.69) is 15.6 Å². The van der Waals surface area contributed by atoms with Crippen molar-refractivity contribution in [3.63, 3.8) is 0 Å². The molecular formula is C23H26FN3O3. The van der Waals surface area contributed by atoms with Gasteiger partial charge in [-0.2, -0.15) is 0 Å². The molecule has 0 aliphatic carbocycles. The summed E-state index contributed by atoms with van der Waals surface area (Å²) in [5, 5.41) is 5.73. The lowest BCUT2D eigenvalue weighted by molar-refractivity contribution is -0.118. The number of hydrogen-bond donors (Lipinski definition) is 2. The van der Waals surface area contributed by atoms with Crippen LogP contribution in [0.5, 0.6) is 0 Å². The highest BCUT2D eigenvalue weighted by atomic mass is 19.1. The predicted molar refractivity (Wildman–Crippen MR) is 113 cm³/mol. The minimum atomic E-state index is -0.627. The van der Waals surface area contributed by atoms with E-state index >= 15 is 0 Å². The fraction of sp³-hybridized carbons (Fsp3) is 0.348. The number of fused-ring (bicyclic) bond motifs is 4. The van der Waals surface area contributed by atoms with Crippen LogP contribution in [0.1, 0.15) is 45.7 Å². The van der Waals surface area contributed by atoms with Crippen LogP contribution in [0.15, 0.2) is 48.7 Å². The Bertz CT molecular complexity index is 982. The van der Waals surface area contributed by atoms with Crippen molar-refractivity contribution in [2.75, 3.05) is 5.32 Å². The Hall–Kier alpha value is -3.22. The fourth-order valence-electron chi connectivity index (χ4n) is 3.13. The number of nitrogens with zero attached hydrogens (tertiary/aromatic N) is 1. The van der Waals surface area contributed by atoms with Crippen LogP contribution in [0.3, 0.4) is 0 Å². The van der Waals surface area contributed by atoms with Gasteiger partial charge in [0.1, 0.15) is 11.4 Å². The average Bonchev–Trinajstić information content (AvgIpc) is 2.66. The van der Waals surface area contributed by atoms with E-state index < -0.39 is 29.5 Å². The summed E-state index contributed by atoms with van der Waals surface area (Å²) >= 11 is 0. The number of amides is 2. The van der Waals surface area contributed by atoms with Crippen LogP contribution in [-0.2, 0) is 9.53 Å². The predicted octanol–water partition coefficient (Wildman–Crippen LogP) is 4.99. The molecule has 7 heteroatoms. The summed E-state index contributed by atoms with van der Waals surface area (Å²) in [4.78, 5) is 29.3. The van der Waals surface area contributed by atoms with Gasteiger partial charge in [-0.25, -0.2) is 9.18 Å². The highest BCUT2D eigenvalue weighted by molar-refractivity contribution is 5.97. The second kappa shape index (κ2) is 8.65. The number of carbonyl (C=O) groups excluding carboxylic acids is 2. The van der Waals surface area contributed by atoms with Crippen LogP contribution in [0, 0.1) is 11.7 Å². The monoisotopic (exact) mass is 411 g/mol. The van der Waals surface area contributed by atoms with Crippen LogP contribution in [0.2, 0.25) is 0 Å². The number of hydrogen-bond acceptors (Lipinski definition) is 4. The molecule has 0 fully saturated rings. The molecule has 0 saturated carbocycles. The van der Waals surface area contributed by atoms with Crippen molar-refractivity contribution in [3.8, 4) is 11.3 Å². The van der Waals surface area contributed by atoms with Gasteiger partial charge in [-0.1, -0.05) is 19.1 Å². The number of anilines is 1. The first-order valence-corrected chi connectivity index (χ1v) is 9.85. The lowest BCUT2D eigenvalue weighted by Crippen LogP contribution is -2.35. The molecule has 0 radical (unpaired) electrons. The third-order valence-electron chi connectivity index (χ3n) is 4.60. The van der Waals surface area contributed by atoms with Crippen molar-refractivity contribution in [2.45, 2.75) is 45.8 Å². The summed E-state index contributed by atoms with van der Waals surface area (Å²) in [5.41, 5.74) is 1.61. The summed E-state index contributed by atoms with van der Waals surface area (Å²) in [6.45, 7) is 7.16. The highest BCUT2D eigenvalue weighted by Crippen LogP contribution is 2.31. The summed E-state index contributed by atoms with van der Waals surface area (Å²) < 4.78 is 19.4. The van der Waals surface area contributed by atoms with Gasteiger partial charge in [0, 0.05) is 11.8 Å². The van der Waals surface area contributed by atoms with Gasteiger partial charge in [0.2, 0.25) is 5.91 Å². The van der Waals surface area contributed by atoms with Crippen molar-refractivity contribution in [2.24, 2.45) is 5.92 Å². The molecule has 1 aliphatic rings. The van der Waals surface area contributed by atoms with E-state index in [0.717, 1.165) is 5.56 Å². The van der Waals surface area contributed by atoms with Crippen molar-refractivity contribution >= 4 is 17.7 Å². The van der Waals surface area contributed by atoms with E-state index in [0.29, 0.717) is 23.4 Å². The Morgan fingerprint density at radius 2 is 2.03 bits per heavy atom. The van der Waals surface area contributed by atoms with E-state index in [4.69, 9.17) is 4.74 Å². The minimum absolute atomic E-state index is 0.215. The number of halogens is 1. The maximum Gasteiger partial charge on any atom is 0.408 e. The van der Waals surface area contributed by atoms with Crippen LogP contribution in [0.25, 0.3) is 11.3 Å². The van der Waals surface area contributed by atoms with Gasteiger partial charge in [-0.15, -0.1) is 0 Å². The van der Waals surface area contributed by atoms with Crippen molar-refractivity contribution in [1.29, 1.82) is 0 Å². The molecule has 2 atom stereocenters. The third-order valence-corrected chi connectivity index (χ3v) is 4.60. The number of rotatable bonds is 1. The van der Waals surface area contributed by atoms with Gasteiger partial charge in [0.15, 0.2) is 0 Å². The van der Waals surface area contributed by atoms with Crippen LogP contribution >= 0.6 is 0 Å². The summed E-state index contributed by atoms with van der Waals surface area (Å²) in [5.74, 6) is -1.05. The lowest BCUT2D eigenvalue weighted by atomic mass is 9.99. The van der Waals surface area contributed by atoms with Gasteiger partial charge in [0.25, 0.3) is 0 Å². The third kappa shape index (κ3) is 5.43. The molecule has 1 aromatic carbocycles. The number of carbonyl (C=O) groups is 2. The summed E-state index contributed by atoms with van der Waals surface area (Å²) in [7, 11) is 0. The molecule has 2 aromatic rings. The first-order valence-electron chi connectivity index (χ1n) is 9.85. The molecule has 0 spiro atoms. The van der Waals surface area contributed by atoms with E-state index in [9.17, 15) is 14.0 Å². The summed E-state index contributed by atoms with van der Waals surface area (Å²) in [6, 6.07) is 7.34. The van der Waals surface area contributed by atoms with Gasteiger partial charge in [0.05, 0.1) is 23.3 Å². The zero-order valence-corrected chi connectivity index (χ0v) is 17.5. The number of benzene rings is 1. The molecular weight excluding hydrogens is 385 g/mol. The number of ether oxygens (including phenoxy) is 1. The normalized spacial score (nSPS) is 19.0. The Balaban J connectivity index is 2.04. The van der Waals surface area contributed by atoms with Crippen molar-refractivity contribution in [3.05, 3.63) is 60.1 Å². The van der Waals surface area contributed by atoms with Crippen LogP contribution in [-0.4, -0.2) is 22.6 Å². The van der Waals surface area contributed by atoms with Crippen LogP contribution < -0.4 is 10.6 Å². The molecule has 30 heavy (non-hydrogen) atoms. The zero-order chi connectivity index (χ0) is 21.9. The molecule has 158 valence electrons. The molecule has 2 bridgehead atoms. The minimum Gasteiger partial charge on any atom is -0.444 e.